The molecule has 4 rings (SSSR count). The van der Waals surface area contributed by atoms with Crippen LogP contribution in [0.15, 0.2) is 42.5 Å². The van der Waals surface area contributed by atoms with Crippen LogP contribution >= 0.6 is 34.5 Å². The second-order valence-electron chi connectivity index (χ2n) is 4.70. The van der Waals surface area contributed by atoms with E-state index in [-0.39, 0.29) is 0 Å². The first kappa shape index (κ1) is 13.8. The molecular formula is C15H9Cl2N3OS. The van der Waals surface area contributed by atoms with Crippen molar-refractivity contribution in [3.63, 3.8) is 0 Å². The molecule has 0 spiro atoms. The second-order valence-corrected chi connectivity index (χ2v) is 6.66. The van der Waals surface area contributed by atoms with E-state index in [1.807, 2.05) is 24.3 Å². The molecule has 0 amide bonds. The van der Waals surface area contributed by atoms with Gasteiger partial charge in [0, 0.05) is 15.1 Å². The van der Waals surface area contributed by atoms with Crippen molar-refractivity contribution in [2.45, 2.75) is 6.61 Å². The van der Waals surface area contributed by atoms with Crippen LogP contribution in [-0.4, -0.2) is 15.2 Å². The molecule has 0 radical (unpaired) electrons. The highest BCUT2D eigenvalue weighted by Gasteiger charge is 2.12. The summed E-state index contributed by atoms with van der Waals surface area (Å²) >= 11 is 14.0. The standard InChI is InChI=1S/C15H9Cl2N3OS/c16-9-5-6-11-12(7-9)20(19-18-11)21-8-14-15(17)10-3-1-2-4-13(10)22-14/h1-7H,8H2. The molecule has 4 nitrogen and oxygen atoms in total. The predicted octanol–water partition coefficient (Wildman–Crippen LogP) is 4.58. The van der Waals surface area contributed by atoms with E-state index in [0.717, 1.165) is 31.0 Å². The molecule has 110 valence electrons. The Morgan fingerprint density at radius 1 is 1.14 bits per heavy atom. The summed E-state index contributed by atoms with van der Waals surface area (Å²) in [6.07, 6.45) is 0. The van der Waals surface area contributed by atoms with Gasteiger partial charge in [0.15, 0.2) is 6.61 Å². The number of nitrogens with zero attached hydrogens (tertiary/aromatic N) is 3. The van der Waals surface area contributed by atoms with Gasteiger partial charge in [-0.3, -0.25) is 0 Å². The Hall–Kier alpha value is -1.82. The lowest BCUT2D eigenvalue weighted by Gasteiger charge is -2.04. The molecular weight excluding hydrogens is 341 g/mol. The van der Waals surface area contributed by atoms with Gasteiger partial charge in [-0.05, 0) is 29.5 Å². The molecule has 0 atom stereocenters. The summed E-state index contributed by atoms with van der Waals surface area (Å²) in [4.78, 5) is 8.05. The number of hydrogen-bond donors (Lipinski definition) is 0. The summed E-state index contributed by atoms with van der Waals surface area (Å²) in [5, 5.41) is 10.4. The molecule has 0 aliphatic heterocycles. The first-order valence-corrected chi connectivity index (χ1v) is 8.10. The second kappa shape index (κ2) is 5.43. The van der Waals surface area contributed by atoms with Crippen LogP contribution in [0.4, 0.5) is 0 Å². The van der Waals surface area contributed by atoms with E-state index in [2.05, 4.69) is 10.3 Å². The van der Waals surface area contributed by atoms with Crippen molar-refractivity contribution >= 4 is 55.7 Å². The SMILES string of the molecule is Clc1ccc2nnn(OCc3sc4ccccc4c3Cl)c2c1. The number of thiophene rings is 1. The maximum Gasteiger partial charge on any atom is 0.152 e. The van der Waals surface area contributed by atoms with Crippen molar-refractivity contribution in [2.24, 2.45) is 0 Å². The van der Waals surface area contributed by atoms with Crippen LogP contribution in [0.5, 0.6) is 0 Å². The van der Waals surface area contributed by atoms with Crippen molar-refractivity contribution in [1.29, 1.82) is 0 Å². The van der Waals surface area contributed by atoms with Crippen LogP contribution < -0.4 is 4.84 Å². The summed E-state index contributed by atoms with van der Waals surface area (Å²) in [5.41, 5.74) is 1.46. The Morgan fingerprint density at radius 3 is 2.86 bits per heavy atom. The number of hydrogen-bond acceptors (Lipinski definition) is 4. The minimum atomic E-state index is 0.323. The molecule has 2 aromatic carbocycles. The van der Waals surface area contributed by atoms with Crippen LogP contribution in [-0.2, 0) is 6.61 Å². The van der Waals surface area contributed by atoms with E-state index in [4.69, 9.17) is 28.0 Å². The minimum absolute atomic E-state index is 0.323. The molecule has 4 aromatic rings. The van der Waals surface area contributed by atoms with E-state index < -0.39 is 0 Å². The zero-order valence-corrected chi connectivity index (χ0v) is 13.5. The molecule has 2 aromatic heterocycles. The Kier molecular flexibility index (Phi) is 3.41. The van der Waals surface area contributed by atoms with Gasteiger partial charge < -0.3 is 4.84 Å². The maximum absolute atomic E-state index is 6.40. The quantitative estimate of drug-likeness (QED) is 0.543. The third-order valence-corrected chi connectivity index (χ3v) is 5.22. The van der Waals surface area contributed by atoms with Crippen molar-refractivity contribution in [3.8, 4) is 0 Å². The van der Waals surface area contributed by atoms with E-state index in [1.54, 1.807) is 29.5 Å². The number of halogens is 2. The smallest absolute Gasteiger partial charge is 0.152 e. The summed E-state index contributed by atoms with van der Waals surface area (Å²) in [7, 11) is 0. The van der Waals surface area contributed by atoms with Crippen molar-refractivity contribution in [3.05, 3.63) is 57.4 Å². The van der Waals surface area contributed by atoms with Crippen molar-refractivity contribution in [1.82, 2.24) is 15.2 Å². The molecule has 0 aliphatic rings. The largest absolute Gasteiger partial charge is 0.389 e. The first-order valence-electron chi connectivity index (χ1n) is 6.52. The van der Waals surface area contributed by atoms with Crippen LogP contribution in [0.25, 0.3) is 21.1 Å². The summed E-state index contributed by atoms with van der Waals surface area (Å²) in [5.74, 6) is 0. The molecule has 0 aliphatic carbocycles. The van der Waals surface area contributed by atoms with Gasteiger partial charge in [-0.2, -0.15) is 0 Å². The van der Waals surface area contributed by atoms with Crippen LogP contribution in [0.2, 0.25) is 10.0 Å². The fourth-order valence-corrected chi connectivity index (χ4v) is 3.80. The molecule has 0 saturated carbocycles. The normalized spacial score (nSPS) is 11.4. The third-order valence-electron chi connectivity index (χ3n) is 3.30. The predicted molar refractivity (Wildman–Crippen MR) is 89.7 cm³/mol. The molecule has 0 bridgehead atoms. The van der Waals surface area contributed by atoms with Gasteiger partial charge in [0.1, 0.15) is 11.0 Å². The lowest BCUT2D eigenvalue weighted by atomic mass is 10.2. The average molecular weight is 350 g/mol. The van der Waals surface area contributed by atoms with Gasteiger partial charge in [-0.15, -0.1) is 16.4 Å². The van der Waals surface area contributed by atoms with Crippen molar-refractivity contribution < 1.29 is 4.84 Å². The van der Waals surface area contributed by atoms with Gasteiger partial charge in [0.2, 0.25) is 0 Å². The van der Waals surface area contributed by atoms with E-state index in [1.165, 1.54) is 4.85 Å². The lowest BCUT2D eigenvalue weighted by Crippen LogP contribution is -2.12. The van der Waals surface area contributed by atoms with Crippen LogP contribution in [0.1, 0.15) is 4.88 Å². The summed E-state index contributed by atoms with van der Waals surface area (Å²) in [6, 6.07) is 13.3. The topological polar surface area (TPSA) is 39.9 Å². The third kappa shape index (κ3) is 2.31. The minimum Gasteiger partial charge on any atom is -0.389 e. The highest BCUT2D eigenvalue weighted by atomic mass is 35.5. The maximum atomic E-state index is 6.40. The van der Waals surface area contributed by atoms with Gasteiger partial charge in [0.05, 0.1) is 9.90 Å². The zero-order chi connectivity index (χ0) is 15.1. The van der Waals surface area contributed by atoms with Crippen LogP contribution in [0, 0.1) is 0 Å². The van der Waals surface area contributed by atoms with Gasteiger partial charge in [-0.1, -0.05) is 46.2 Å². The summed E-state index contributed by atoms with van der Waals surface area (Å²) < 4.78 is 1.14. The highest BCUT2D eigenvalue weighted by molar-refractivity contribution is 7.19. The Morgan fingerprint density at radius 2 is 2.00 bits per heavy atom. The average Bonchev–Trinajstić information content (AvgIpc) is 3.07. The van der Waals surface area contributed by atoms with E-state index in [9.17, 15) is 0 Å². The molecule has 0 unspecified atom stereocenters. The first-order chi connectivity index (χ1) is 10.7. The number of rotatable bonds is 3. The molecule has 22 heavy (non-hydrogen) atoms. The molecule has 0 fully saturated rings. The fourth-order valence-electron chi connectivity index (χ4n) is 2.24. The van der Waals surface area contributed by atoms with Gasteiger partial charge in [-0.25, -0.2) is 0 Å². The van der Waals surface area contributed by atoms with Gasteiger partial charge >= 0.3 is 0 Å². The van der Waals surface area contributed by atoms with Gasteiger partial charge in [0.25, 0.3) is 0 Å². The Bertz CT molecular complexity index is 979. The molecule has 0 N–H and O–H groups in total. The lowest BCUT2D eigenvalue weighted by molar-refractivity contribution is 0.0769. The monoisotopic (exact) mass is 349 g/mol. The Labute approximate surface area is 139 Å². The number of fused-ring (bicyclic) bond motifs is 2. The Balaban J connectivity index is 1.65. The number of benzene rings is 2. The molecule has 0 saturated heterocycles. The molecule has 2 heterocycles. The van der Waals surface area contributed by atoms with Crippen LogP contribution in [0.3, 0.4) is 0 Å². The highest BCUT2D eigenvalue weighted by Crippen LogP contribution is 2.35. The summed E-state index contributed by atoms with van der Waals surface area (Å²) in [6.45, 7) is 0.323. The van der Waals surface area contributed by atoms with E-state index in [0.29, 0.717) is 11.6 Å². The van der Waals surface area contributed by atoms with Crippen molar-refractivity contribution in [2.75, 3.05) is 0 Å². The zero-order valence-electron chi connectivity index (χ0n) is 11.2. The molecule has 7 heteroatoms. The van der Waals surface area contributed by atoms with E-state index >= 15 is 0 Å². The fraction of sp³-hybridized carbons (Fsp3) is 0.0667. The number of aromatic nitrogens is 3.